The summed E-state index contributed by atoms with van der Waals surface area (Å²) in [6.07, 6.45) is 1.97. The zero-order chi connectivity index (χ0) is 13.5. The van der Waals surface area contributed by atoms with Crippen LogP contribution in [0.25, 0.3) is 0 Å². The molecule has 0 aliphatic carbocycles. The van der Waals surface area contributed by atoms with Gasteiger partial charge in [-0.05, 0) is 24.5 Å². The molecule has 1 N–H and O–H groups in total. The summed E-state index contributed by atoms with van der Waals surface area (Å²) in [5, 5.41) is 9.18. The minimum Gasteiger partial charge on any atom is -0.493 e. The van der Waals surface area contributed by atoms with Gasteiger partial charge in [-0.3, -0.25) is 4.79 Å². The van der Waals surface area contributed by atoms with Gasteiger partial charge in [-0.1, -0.05) is 25.5 Å². The van der Waals surface area contributed by atoms with E-state index in [0.717, 1.165) is 12.0 Å². The van der Waals surface area contributed by atoms with Crippen molar-refractivity contribution >= 4 is 5.97 Å². The van der Waals surface area contributed by atoms with Gasteiger partial charge < -0.3 is 14.6 Å². The van der Waals surface area contributed by atoms with Crippen molar-refractivity contribution in [1.29, 1.82) is 0 Å². The van der Waals surface area contributed by atoms with E-state index < -0.39 is 5.97 Å². The highest BCUT2D eigenvalue weighted by molar-refractivity contribution is 5.70. The molecule has 1 aromatic rings. The number of ether oxygens (including phenoxy) is 2. The van der Waals surface area contributed by atoms with Crippen molar-refractivity contribution in [2.24, 2.45) is 5.92 Å². The summed E-state index contributed by atoms with van der Waals surface area (Å²) in [5.41, 5.74) is 0.873. The Kier molecular flexibility index (Phi) is 5.49. The van der Waals surface area contributed by atoms with Crippen molar-refractivity contribution in [2.75, 3.05) is 14.2 Å². The van der Waals surface area contributed by atoms with Crippen molar-refractivity contribution in [1.82, 2.24) is 0 Å². The molecule has 4 heteroatoms. The number of carboxylic acid groups (broad SMARTS) is 1. The monoisotopic (exact) mass is 252 g/mol. The number of carbonyl (C=O) groups is 1. The average molecular weight is 252 g/mol. The molecule has 0 spiro atoms. The quantitative estimate of drug-likeness (QED) is 0.810. The van der Waals surface area contributed by atoms with Gasteiger partial charge in [0.15, 0.2) is 11.5 Å². The van der Waals surface area contributed by atoms with Crippen molar-refractivity contribution < 1.29 is 19.4 Å². The molecule has 0 aliphatic rings. The van der Waals surface area contributed by atoms with Crippen LogP contribution in [0.5, 0.6) is 11.5 Å². The minimum atomic E-state index is -0.762. The fraction of sp³-hybridized carbons (Fsp3) is 0.500. The Morgan fingerprint density at radius 1 is 1.33 bits per heavy atom. The summed E-state index contributed by atoms with van der Waals surface area (Å²) < 4.78 is 10.5. The maximum absolute atomic E-state index is 11.2. The van der Waals surface area contributed by atoms with Gasteiger partial charge in [0, 0.05) is 0 Å². The fourth-order valence-corrected chi connectivity index (χ4v) is 2.04. The van der Waals surface area contributed by atoms with Gasteiger partial charge in [-0.15, -0.1) is 0 Å². The molecule has 1 unspecified atom stereocenters. The predicted molar refractivity (Wildman–Crippen MR) is 69.3 cm³/mol. The lowest BCUT2D eigenvalue weighted by atomic mass is 9.94. The Balaban J connectivity index is 2.98. The Hall–Kier alpha value is -1.71. The van der Waals surface area contributed by atoms with Crippen molar-refractivity contribution in [2.45, 2.75) is 26.2 Å². The van der Waals surface area contributed by atoms with E-state index in [1.165, 1.54) is 0 Å². The van der Waals surface area contributed by atoms with Gasteiger partial charge in [0.2, 0.25) is 0 Å². The first-order valence-electron chi connectivity index (χ1n) is 6.06. The fourth-order valence-electron chi connectivity index (χ4n) is 2.04. The van der Waals surface area contributed by atoms with Crippen LogP contribution in [0.15, 0.2) is 18.2 Å². The van der Waals surface area contributed by atoms with Gasteiger partial charge in [-0.25, -0.2) is 0 Å². The lowest BCUT2D eigenvalue weighted by Crippen LogP contribution is -2.16. The molecule has 0 saturated carbocycles. The van der Waals surface area contributed by atoms with Gasteiger partial charge in [-0.2, -0.15) is 0 Å². The number of rotatable bonds is 7. The Morgan fingerprint density at radius 3 is 2.56 bits per heavy atom. The van der Waals surface area contributed by atoms with Crippen LogP contribution in [0, 0.1) is 5.92 Å². The molecule has 0 amide bonds. The molecule has 1 rings (SSSR count). The van der Waals surface area contributed by atoms with Crippen LogP contribution in [-0.4, -0.2) is 25.3 Å². The first-order chi connectivity index (χ1) is 8.63. The molecule has 0 aromatic heterocycles. The van der Waals surface area contributed by atoms with Crippen LogP contribution in [-0.2, 0) is 11.2 Å². The number of aliphatic carboxylic acids is 1. The second-order valence-electron chi connectivity index (χ2n) is 4.18. The van der Waals surface area contributed by atoms with E-state index in [1.807, 2.05) is 19.1 Å². The van der Waals surface area contributed by atoms with E-state index in [2.05, 4.69) is 0 Å². The maximum Gasteiger partial charge on any atom is 0.306 e. The minimum absolute atomic E-state index is 0.379. The highest BCUT2D eigenvalue weighted by Gasteiger charge is 2.20. The van der Waals surface area contributed by atoms with Crippen molar-refractivity contribution in [3.05, 3.63) is 23.8 Å². The summed E-state index contributed by atoms with van der Waals surface area (Å²) in [7, 11) is 3.14. The number of benzene rings is 1. The summed E-state index contributed by atoms with van der Waals surface area (Å²) in [6.45, 7) is 1.98. The number of hydrogen-bond donors (Lipinski definition) is 1. The maximum atomic E-state index is 11.2. The van der Waals surface area contributed by atoms with Gasteiger partial charge in [0.05, 0.1) is 20.1 Å². The summed E-state index contributed by atoms with van der Waals surface area (Å²) in [5.74, 6) is 0.121. The van der Waals surface area contributed by atoms with E-state index in [1.54, 1.807) is 20.3 Å². The standard InChI is InChI=1S/C14H20O4/c1-4-6-11(14(15)16)9-10-7-5-8-12(17-2)13(10)18-3/h5,7-8,11H,4,6,9H2,1-3H3,(H,15,16). The average Bonchev–Trinajstić information content (AvgIpc) is 2.37. The number of hydrogen-bond acceptors (Lipinski definition) is 3. The van der Waals surface area contributed by atoms with E-state index in [4.69, 9.17) is 9.47 Å². The smallest absolute Gasteiger partial charge is 0.306 e. The molecule has 0 fully saturated rings. The highest BCUT2D eigenvalue weighted by Crippen LogP contribution is 2.32. The zero-order valence-corrected chi connectivity index (χ0v) is 11.1. The normalized spacial score (nSPS) is 11.9. The Bertz CT molecular complexity index is 401. The molecule has 0 radical (unpaired) electrons. The van der Waals surface area contributed by atoms with Crippen LogP contribution < -0.4 is 9.47 Å². The molecular weight excluding hydrogens is 232 g/mol. The number of para-hydroxylation sites is 1. The van der Waals surface area contributed by atoms with Crippen molar-refractivity contribution in [3.63, 3.8) is 0 Å². The third-order valence-corrected chi connectivity index (χ3v) is 2.94. The molecule has 0 bridgehead atoms. The van der Waals surface area contributed by atoms with Crippen LogP contribution in [0.3, 0.4) is 0 Å². The second kappa shape index (κ2) is 6.89. The first-order valence-corrected chi connectivity index (χ1v) is 6.06. The molecule has 0 saturated heterocycles. The van der Waals surface area contributed by atoms with Gasteiger partial charge >= 0.3 is 5.97 Å². The van der Waals surface area contributed by atoms with Gasteiger partial charge in [0.1, 0.15) is 0 Å². The van der Waals surface area contributed by atoms with Gasteiger partial charge in [0.25, 0.3) is 0 Å². The molecule has 100 valence electrons. The molecular formula is C14H20O4. The third-order valence-electron chi connectivity index (χ3n) is 2.94. The molecule has 0 aliphatic heterocycles. The zero-order valence-electron chi connectivity index (χ0n) is 11.1. The molecule has 18 heavy (non-hydrogen) atoms. The molecule has 1 aromatic carbocycles. The number of methoxy groups -OCH3 is 2. The second-order valence-corrected chi connectivity index (χ2v) is 4.18. The van der Waals surface area contributed by atoms with E-state index in [9.17, 15) is 9.90 Å². The summed E-state index contributed by atoms with van der Waals surface area (Å²) in [4.78, 5) is 11.2. The molecule has 4 nitrogen and oxygen atoms in total. The van der Waals surface area contributed by atoms with Crippen LogP contribution in [0.2, 0.25) is 0 Å². The van der Waals surface area contributed by atoms with Crippen LogP contribution >= 0.6 is 0 Å². The van der Waals surface area contributed by atoms with Crippen LogP contribution in [0.1, 0.15) is 25.3 Å². The lowest BCUT2D eigenvalue weighted by Gasteiger charge is -2.16. The summed E-state index contributed by atoms with van der Waals surface area (Å²) in [6, 6.07) is 5.53. The lowest BCUT2D eigenvalue weighted by molar-refractivity contribution is -0.141. The van der Waals surface area contributed by atoms with E-state index >= 15 is 0 Å². The van der Waals surface area contributed by atoms with E-state index in [0.29, 0.717) is 24.3 Å². The first kappa shape index (κ1) is 14.4. The molecule has 0 heterocycles. The van der Waals surface area contributed by atoms with Crippen LogP contribution in [0.4, 0.5) is 0 Å². The third kappa shape index (κ3) is 3.39. The highest BCUT2D eigenvalue weighted by atomic mass is 16.5. The largest absolute Gasteiger partial charge is 0.493 e. The Morgan fingerprint density at radius 2 is 2.06 bits per heavy atom. The van der Waals surface area contributed by atoms with Crippen molar-refractivity contribution in [3.8, 4) is 11.5 Å². The number of carboxylic acids is 1. The van der Waals surface area contributed by atoms with E-state index in [-0.39, 0.29) is 5.92 Å². The molecule has 1 atom stereocenters. The summed E-state index contributed by atoms with van der Waals surface area (Å²) >= 11 is 0. The predicted octanol–water partition coefficient (Wildman–Crippen LogP) is 2.75. The topological polar surface area (TPSA) is 55.8 Å². The SMILES string of the molecule is CCCC(Cc1cccc(OC)c1OC)C(=O)O. The Labute approximate surface area is 108 Å².